The van der Waals surface area contributed by atoms with Crippen LogP contribution < -0.4 is 10.2 Å². The third-order valence-electron chi connectivity index (χ3n) is 5.42. The molecule has 8 heteroatoms. The van der Waals surface area contributed by atoms with Crippen molar-refractivity contribution in [3.05, 3.63) is 18.5 Å². The Morgan fingerprint density at radius 3 is 2.37 bits per heavy atom. The molecular weight excluding hydrogens is 340 g/mol. The molecule has 2 fully saturated rings. The Bertz CT molecular complexity index is 577. The van der Waals surface area contributed by atoms with Gasteiger partial charge in [0.25, 0.3) is 0 Å². The number of anilines is 1. The standard InChI is InChI=1S/C19H34N8/c1-4-20-18(23-16-17(2)25-10-8-24(3)9-11-25)26-12-14-27(15-13-26)19-21-6-5-7-22-19/h5-7,17H,4,8-16H2,1-3H3,(H,20,23). The van der Waals surface area contributed by atoms with Crippen molar-refractivity contribution >= 4 is 11.9 Å². The monoisotopic (exact) mass is 374 g/mol. The molecule has 1 unspecified atom stereocenters. The van der Waals surface area contributed by atoms with E-state index in [1.807, 2.05) is 6.07 Å². The number of piperazine rings is 2. The maximum absolute atomic E-state index is 4.96. The molecule has 0 aliphatic carbocycles. The molecule has 0 radical (unpaired) electrons. The minimum atomic E-state index is 0.478. The first-order valence-electron chi connectivity index (χ1n) is 10.1. The predicted molar refractivity (Wildman–Crippen MR) is 110 cm³/mol. The second-order valence-corrected chi connectivity index (χ2v) is 7.41. The molecule has 2 saturated heterocycles. The van der Waals surface area contributed by atoms with E-state index in [0.29, 0.717) is 6.04 Å². The molecule has 0 saturated carbocycles. The molecule has 0 bridgehead atoms. The number of guanidine groups is 1. The lowest BCUT2D eigenvalue weighted by Gasteiger charge is -2.37. The van der Waals surface area contributed by atoms with E-state index in [4.69, 9.17) is 4.99 Å². The summed E-state index contributed by atoms with van der Waals surface area (Å²) in [6.07, 6.45) is 3.61. The molecule has 1 N–H and O–H groups in total. The Hall–Kier alpha value is -1.93. The number of hydrogen-bond donors (Lipinski definition) is 1. The van der Waals surface area contributed by atoms with Gasteiger partial charge in [0.1, 0.15) is 0 Å². The van der Waals surface area contributed by atoms with E-state index in [1.54, 1.807) is 12.4 Å². The molecule has 1 aromatic heterocycles. The summed E-state index contributed by atoms with van der Waals surface area (Å²) < 4.78 is 0. The van der Waals surface area contributed by atoms with Gasteiger partial charge in [-0.15, -0.1) is 0 Å². The van der Waals surface area contributed by atoms with Crippen LogP contribution >= 0.6 is 0 Å². The number of aromatic nitrogens is 2. The van der Waals surface area contributed by atoms with E-state index >= 15 is 0 Å². The molecule has 0 spiro atoms. The zero-order valence-electron chi connectivity index (χ0n) is 17.0. The lowest BCUT2D eigenvalue weighted by molar-refractivity contribution is 0.122. The molecule has 150 valence electrons. The SMILES string of the molecule is CCNC(=NCC(C)N1CCN(C)CC1)N1CCN(c2ncccn2)CC1. The fourth-order valence-electron chi connectivity index (χ4n) is 3.60. The van der Waals surface area contributed by atoms with Crippen molar-refractivity contribution in [1.82, 2.24) is 30.0 Å². The largest absolute Gasteiger partial charge is 0.357 e. The Kier molecular flexibility index (Phi) is 7.23. The third kappa shape index (κ3) is 5.52. The summed E-state index contributed by atoms with van der Waals surface area (Å²) in [6, 6.07) is 2.34. The van der Waals surface area contributed by atoms with Crippen LogP contribution in [0, 0.1) is 0 Å². The third-order valence-corrected chi connectivity index (χ3v) is 5.42. The van der Waals surface area contributed by atoms with Gasteiger partial charge in [0.05, 0.1) is 6.54 Å². The lowest BCUT2D eigenvalue weighted by atomic mass is 10.2. The Labute approximate surface area is 163 Å². The van der Waals surface area contributed by atoms with Crippen LogP contribution in [0.25, 0.3) is 0 Å². The van der Waals surface area contributed by atoms with Crippen molar-refractivity contribution in [1.29, 1.82) is 0 Å². The number of likely N-dealkylation sites (N-methyl/N-ethyl adjacent to an activating group) is 1. The minimum absolute atomic E-state index is 0.478. The summed E-state index contributed by atoms with van der Waals surface area (Å²) in [4.78, 5) is 23.2. The van der Waals surface area contributed by atoms with Crippen molar-refractivity contribution in [2.45, 2.75) is 19.9 Å². The van der Waals surface area contributed by atoms with Gasteiger partial charge in [-0.3, -0.25) is 9.89 Å². The summed E-state index contributed by atoms with van der Waals surface area (Å²) in [5, 5.41) is 3.47. The van der Waals surface area contributed by atoms with E-state index in [0.717, 1.165) is 77.4 Å². The quantitative estimate of drug-likeness (QED) is 0.583. The maximum atomic E-state index is 4.96. The van der Waals surface area contributed by atoms with Crippen LogP contribution in [0.4, 0.5) is 5.95 Å². The van der Waals surface area contributed by atoms with Gasteiger partial charge in [-0.25, -0.2) is 9.97 Å². The molecule has 3 heterocycles. The van der Waals surface area contributed by atoms with Crippen molar-refractivity contribution in [2.75, 3.05) is 77.4 Å². The summed E-state index contributed by atoms with van der Waals surface area (Å²) in [7, 11) is 2.20. The highest BCUT2D eigenvalue weighted by Gasteiger charge is 2.22. The Morgan fingerprint density at radius 1 is 1.07 bits per heavy atom. The van der Waals surface area contributed by atoms with Gasteiger partial charge in [-0.05, 0) is 27.0 Å². The van der Waals surface area contributed by atoms with E-state index in [2.05, 4.69) is 55.8 Å². The summed E-state index contributed by atoms with van der Waals surface area (Å²) in [5.41, 5.74) is 0. The van der Waals surface area contributed by atoms with Crippen molar-refractivity contribution < 1.29 is 0 Å². The van der Waals surface area contributed by atoms with Gasteiger partial charge in [-0.2, -0.15) is 0 Å². The topological polar surface area (TPSA) is 63.1 Å². The lowest BCUT2D eigenvalue weighted by Crippen LogP contribution is -2.53. The van der Waals surface area contributed by atoms with Gasteiger partial charge >= 0.3 is 0 Å². The summed E-state index contributed by atoms with van der Waals surface area (Å²) >= 11 is 0. The van der Waals surface area contributed by atoms with Gasteiger partial charge in [0, 0.05) is 77.3 Å². The smallest absolute Gasteiger partial charge is 0.225 e. The number of hydrogen-bond acceptors (Lipinski definition) is 6. The molecule has 2 aliphatic rings. The average molecular weight is 375 g/mol. The second kappa shape index (κ2) is 9.85. The van der Waals surface area contributed by atoms with Crippen molar-refractivity contribution in [3.63, 3.8) is 0 Å². The highest BCUT2D eigenvalue weighted by molar-refractivity contribution is 5.80. The van der Waals surface area contributed by atoms with Crippen LogP contribution in [0.15, 0.2) is 23.5 Å². The summed E-state index contributed by atoms with van der Waals surface area (Å²) in [6.45, 7) is 14.5. The van der Waals surface area contributed by atoms with Crippen LogP contribution in [0.3, 0.4) is 0 Å². The molecule has 0 aromatic carbocycles. The van der Waals surface area contributed by atoms with Crippen molar-refractivity contribution in [2.24, 2.45) is 4.99 Å². The number of nitrogens with one attached hydrogen (secondary N) is 1. The molecule has 8 nitrogen and oxygen atoms in total. The number of aliphatic imine (C=N–C) groups is 1. The average Bonchev–Trinajstić information content (AvgIpc) is 2.72. The van der Waals surface area contributed by atoms with Crippen molar-refractivity contribution in [3.8, 4) is 0 Å². The van der Waals surface area contributed by atoms with Gasteiger partial charge < -0.3 is 20.0 Å². The molecule has 2 aliphatic heterocycles. The van der Waals surface area contributed by atoms with Crippen LogP contribution in [-0.4, -0.2) is 109 Å². The van der Waals surface area contributed by atoms with Gasteiger partial charge in [-0.1, -0.05) is 0 Å². The zero-order valence-corrected chi connectivity index (χ0v) is 17.0. The molecular formula is C19H34N8. The maximum Gasteiger partial charge on any atom is 0.225 e. The van der Waals surface area contributed by atoms with E-state index in [1.165, 1.54) is 0 Å². The fraction of sp³-hybridized carbons (Fsp3) is 0.737. The first kappa shape index (κ1) is 19.8. The minimum Gasteiger partial charge on any atom is -0.357 e. The van der Waals surface area contributed by atoms with E-state index in [9.17, 15) is 0 Å². The second-order valence-electron chi connectivity index (χ2n) is 7.41. The predicted octanol–water partition coefficient (Wildman–Crippen LogP) is 0.200. The van der Waals surface area contributed by atoms with Crippen LogP contribution in [0.1, 0.15) is 13.8 Å². The summed E-state index contributed by atoms with van der Waals surface area (Å²) in [5.74, 6) is 1.86. The Balaban J connectivity index is 1.53. The van der Waals surface area contributed by atoms with Crippen LogP contribution in [-0.2, 0) is 0 Å². The normalized spacial score (nSPS) is 21.4. The first-order valence-corrected chi connectivity index (χ1v) is 10.1. The van der Waals surface area contributed by atoms with Crippen LogP contribution in [0.5, 0.6) is 0 Å². The van der Waals surface area contributed by atoms with E-state index in [-0.39, 0.29) is 0 Å². The Morgan fingerprint density at radius 2 is 1.74 bits per heavy atom. The van der Waals surface area contributed by atoms with Crippen LogP contribution in [0.2, 0.25) is 0 Å². The molecule has 1 atom stereocenters. The molecule has 27 heavy (non-hydrogen) atoms. The molecule has 0 amide bonds. The van der Waals surface area contributed by atoms with Gasteiger partial charge in [0.15, 0.2) is 5.96 Å². The van der Waals surface area contributed by atoms with E-state index < -0.39 is 0 Å². The molecule has 3 rings (SSSR count). The van der Waals surface area contributed by atoms with Gasteiger partial charge in [0.2, 0.25) is 5.95 Å². The highest BCUT2D eigenvalue weighted by atomic mass is 15.4. The highest BCUT2D eigenvalue weighted by Crippen LogP contribution is 2.10. The zero-order chi connectivity index (χ0) is 19.1. The first-order chi connectivity index (χ1) is 13.2. The fourth-order valence-corrected chi connectivity index (χ4v) is 3.60. The number of rotatable bonds is 5. The number of nitrogens with zero attached hydrogens (tertiary/aromatic N) is 7. The molecule has 1 aromatic rings.